The van der Waals surface area contributed by atoms with Crippen molar-refractivity contribution in [3.05, 3.63) is 52.6 Å². The molecule has 0 aromatic heterocycles. The summed E-state index contributed by atoms with van der Waals surface area (Å²) < 4.78 is 10.2. The third-order valence-electron chi connectivity index (χ3n) is 3.96. The lowest BCUT2D eigenvalue weighted by molar-refractivity contribution is -0.130. The maximum absolute atomic E-state index is 12.1. The summed E-state index contributed by atoms with van der Waals surface area (Å²) in [5.74, 6) is -0.500. The van der Waals surface area contributed by atoms with E-state index in [1.807, 2.05) is 6.08 Å². The lowest BCUT2D eigenvalue weighted by atomic mass is 10.1. The molecule has 0 amide bonds. The largest absolute Gasteiger partial charge is 0.490 e. The molecule has 0 heterocycles. The van der Waals surface area contributed by atoms with E-state index >= 15 is 0 Å². The standard InChI is InChI=1S/C20H22O5/c1-13(2)5-4-6-14(3)9-10-24-15-7-8-16-17(11-15)19(23)20(18(16)22)25-12-21/h5,7-9,11-12,20H,4,6,10H2,1-3H3/b14-9+. The van der Waals surface area contributed by atoms with Crippen LogP contribution in [0.5, 0.6) is 5.75 Å². The molecular weight excluding hydrogens is 320 g/mol. The highest BCUT2D eigenvalue weighted by atomic mass is 16.5. The van der Waals surface area contributed by atoms with E-state index in [9.17, 15) is 14.4 Å². The second-order valence-corrected chi connectivity index (χ2v) is 6.23. The summed E-state index contributed by atoms with van der Waals surface area (Å²) >= 11 is 0. The average molecular weight is 342 g/mol. The summed E-state index contributed by atoms with van der Waals surface area (Å²) in [6.45, 7) is 6.70. The van der Waals surface area contributed by atoms with Crippen LogP contribution < -0.4 is 4.74 Å². The van der Waals surface area contributed by atoms with Crippen molar-refractivity contribution in [1.29, 1.82) is 0 Å². The van der Waals surface area contributed by atoms with E-state index < -0.39 is 17.7 Å². The molecule has 0 saturated heterocycles. The number of Topliss-reactive ketones (excluding diaryl/α,β-unsaturated/α-hetero) is 2. The van der Waals surface area contributed by atoms with Gasteiger partial charge in [0.2, 0.25) is 17.7 Å². The number of ether oxygens (including phenoxy) is 2. The fourth-order valence-electron chi connectivity index (χ4n) is 2.58. The molecule has 1 aliphatic carbocycles. The summed E-state index contributed by atoms with van der Waals surface area (Å²) in [4.78, 5) is 34.6. The third kappa shape index (κ3) is 4.66. The molecule has 0 N–H and O–H groups in total. The zero-order valence-electron chi connectivity index (χ0n) is 14.7. The van der Waals surface area contributed by atoms with Crippen molar-refractivity contribution in [2.45, 2.75) is 39.7 Å². The Morgan fingerprint density at radius 1 is 1.08 bits per heavy atom. The van der Waals surface area contributed by atoms with E-state index in [1.165, 1.54) is 23.3 Å². The monoisotopic (exact) mass is 342 g/mol. The Hall–Kier alpha value is -2.69. The van der Waals surface area contributed by atoms with E-state index in [4.69, 9.17) is 4.74 Å². The van der Waals surface area contributed by atoms with Gasteiger partial charge in [-0.25, -0.2) is 0 Å². The zero-order chi connectivity index (χ0) is 18.4. The number of fused-ring (bicyclic) bond motifs is 1. The van der Waals surface area contributed by atoms with Crippen LogP contribution in [0.25, 0.3) is 0 Å². The molecule has 132 valence electrons. The van der Waals surface area contributed by atoms with E-state index in [2.05, 4.69) is 31.6 Å². The van der Waals surface area contributed by atoms with Crippen LogP contribution in [-0.4, -0.2) is 30.7 Å². The van der Waals surface area contributed by atoms with E-state index in [0.29, 0.717) is 12.4 Å². The molecule has 0 bridgehead atoms. The molecule has 0 fully saturated rings. The second kappa shape index (κ2) is 8.42. The molecule has 0 saturated carbocycles. The van der Waals surface area contributed by atoms with Gasteiger partial charge in [-0.15, -0.1) is 0 Å². The molecule has 2 rings (SSSR count). The Balaban J connectivity index is 1.98. The Kier molecular flexibility index (Phi) is 6.28. The topological polar surface area (TPSA) is 69.7 Å². The number of rotatable bonds is 8. The predicted molar refractivity (Wildman–Crippen MR) is 94.0 cm³/mol. The molecule has 1 atom stereocenters. The van der Waals surface area contributed by atoms with Gasteiger partial charge in [-0.2, -0.15) is 0 Å². The van der Waals surface area contributed by atoms with Gasteiger partial charge in [0.05, 0.1) is 0 Å². The van der Waals surface area contributed by atoms with E-state index in [1.54, 1.807) is 6.07 Å². The minimum absolute atomic E-state index is 0.118. The second-order valence-electron chi connectivity index (χ2n) is 6.23. The first-order valence-electron chi connectivity index (χ1n) is 8.17. The number of allylic oxidation sites excluding steroid dienone is 3. The Morgan fingerprint density at radius 3 is 2.48 bits per heavy atom. The molecule has 1 aromatic carbocycles. The average Bonchev–Trinajstić information content (AvgIpc) is 2.80. The van der Waals surface area contributed by atoms with Gasteiger partial charge >= 0.3 is 0 Å². The van der Waals surface area contributed by atoms with Crippen molar-refractivity contribution in [2.24, 2.45) is 0 Å². The number of carbonyl (C=O) groups excluding carboxylic acids is 3. The van der Waals surface area contributed by atoms with Gasteiger partial charge in [-0.3, -0.25) is 14.4 Å². The molecule has 1 aromatic rings. The predicted octanol–water partition coefficient (Wildman–Crippen LogP) is 3.68. The molecule has 25 heavy (non-hydrogen) atoms. The molecule has 1 aliphatic rings. The normalized spacial score (nSPS) is 16.4. The van der Waals surface area contributed by atoms with Crippen LogP contribution in [0.4, 0.5) is 0 Å². The smallest absolute Gasteiger partial charge is 0.294 e. The highest BCUT2D eigenvalue weighted by Crippen LogP contribution is 2.28. The number of carbonyl (C=O) groups is 3. The first-order valence-corrected chi connectivity index (χ1v) is 8.17. The number of hydrogen-bond acceptors (Lipinski definition) is 5. The lowest BCUT2D eigenvalue weighted by Crippen LogP contribution is -2.25. The summed E-state index contributed by atoms with van der Waals surface area (Å²) in [5.41, 5.74) is 3.03. The summed E-state index contributed by atoms with van der Waals surface area (Å²) in [6, 6.07) is 4.69. The van der Waals surface area contributed by atoms with Crippen molar-refractivity contribution in [3.8, 4) is 5.75 Å². The van der Waals surface area contributed by atoms with Crippen molar-refractivity contribution in [2.75, 3.05) is 6.61 Å². The van der Waals surface area contributed by atoms with Crippen molar-refractivity contribution in [3.63, 3.8) is 0 Å². The maximum atomic E-state index is 12.1. The number of benzene rings is 1. The van der Waals surface area contributed by atoms with Crippen molar-refractivity contribution >= 4 is 18.0 Å². The van der Waals surface area contributed by atoms with Gasteiger partial charge in [-0.05, 0) is 57.9 Å². The molecule has 1 unspecified atom stereocenters. The summed E-state index contributed by atoms with van der Waals surface area (Å²) in [6.07, 6.45) is 4.80. The maximum Gasteiger partial charge on any atom is 0.294 e. The van der Waals surface area contributed by atoms with Gasteiger partial charge in [0.15, 0.2) is 0 Å². The van der Waals surface area contributed by atoms with Gasteiger partial charge in [0, 0.05) is 11.1 Å². The van der Waals surface area contributed by atoms with E-state index in [0.717, 1.165) is 12.8 Å². The van der Waals surface area contributed by atoms with Gasteiger partial charge in [0.25, 0.3) is 6.47 Å². The molecule has 0 aliphatic heterocycles. The summed E-state index contributed by atoms with van der Waals surface area (Å²) in [5, 5.41) is 0. The van der Waals surface area contributed by atoms with E-state index in [-0.39, 0.29) is 17.6 Å². The SMILES string of the molecule is CC(C)=CCC/C(C)=C/COc1ccc2c(c1)C(=O)C(OC=O)C2=O. The highest BCUT2D eigenvalue weighted by molar-refractivity contribution is 6.29. The lowest BCUT2D eigenvalue weighted by Gasteiger charge is -2.06. The fourth-order valence-corrected chi connectivity index (χ4v) is 2.58. The first-order chi connectivity index (χ1) is 11.9. The van der Waals surface area contributed by atoms with Crippen LogP contribution in [0.1, 0.15) is 54.3 Å². The number of hydrogen-bond donors (Lipinski definition) is 0. The fraction of sp³-hybridized carbons (Fsp3) is 0.350. The number of ketones is 2. The van der Waals surface area contributed by atoms with Crippen LogP contribution in [-0.2, 0) is 9.53 Å². The quantitative estimate of drug-likeness (QED) is 0.409. The molecular formula is C20H22O5. The Morgan fingerprint density at radius 2 is 1.80 bits per heavy atom. The highest BCUT2D eigenvalue weighted by Gasteiger charge is 2.40. The van der Waals surface area contributed by atoms with Gasteiger partial charge in [0.1, 0.15) is 12.4 Å². The molecule has 0 spiro atoms. The van der Waals surface area contributed by atoms with Gasteiger partial charge < -0.3 is 9.47 Å². The Bertz CT molecular complexity index is 738. The first kappa shape index (κ1) is 18.6. The Labute approximate surface area is 147 Å². The van der Waals surface area contributed by atoms with Crippen LogP contribution in [0.3, 0.4) is 0 Å². The van der Waals surface area contributed by atoms with Crippen LogP contribution in [0.15, 0.2) is 41.5 Å². The molecule has 5 nitrogen and oxygen atoms in total. The molecule has 5 heteroatoms. The minimum Gasteiger partial charge on any atom is -0.490 e. The van der Waals surface area contributed by atoms with Gasteiger partial charge in [-0.1, -0.05) is 17.2 Å². The van der Waals surface area contributed by atoms with Crippen LogP contribution in [0.2, 0.25) is 0 Å². The zero-order valence-corrected chi connectivity index (χ0v) is 14.7. The van der Waals surface area contributed by atoms with Crippen molar-refractivity contribution in [1.82, 2.24) is 0 Å². The third-order valence-corrected chi connectivity index (χ3v) is 3.96. The summed E-state index contributed by atoms with van der Waals surface area (Å²) in [7, 11) is 0. The van der Waals surface area contributed by atoms with Crippen LogP contribution in [0, 0.1) is 0 Å². The van der Waals surface area contributed by atoms with Crippen LogP contribution >= 0.6 is 0 Å². The van der Waals surface area contributed by atoms with Crippen molar-refractivity contribution < 1.29 is 23.9 Å². The minimum atomic E-state index is -1.36. The molecule has 0 radical (unpaired) electrons.